The Kier molecular flexibility index (Phi) is 11.9. The molecule has 0 bridgehead atoms. The van der Waals surface area contributed by atoms with Gasteiger partial charge in [0.25, 0.3) is 0 Å². The summed E-state index contributed by atoms with van der Waals surface area (Å²) in [7, 11) is 0. The van der Waals surface area contributed by atoms with E-state index in [4.69, 9.17) is 19.8 Å². The van der Waals surface area contributed by atoms with Crippen LogP contribution in [0.3, 0.4) is 0 Å². The molecular formula is C30H38F2N2O4S. The molecule has 0 heterocycles. The van der Waals surface area contributed by atoms with Crippen molar-refractivity contribution in [3.8, 4) is 11.8 Å². The highest BCUT2D eigenvalue weighted by Gasteiger charge is 2.41. The zero-order valence-corrected chi connectivity index (χ0v) is 23.7. The summed E-state index contributed by atoms with van der Waals surface area (Å²) in [6.45, 7) is 7.70. The topological polar surface area (TPSA) is 94.6 Å². The quantitative estimate of drug-likeness (QED) is 0.217. The van der Waals surface area contributed by atoms with Crippen molar-refractivity contribution in [2.45, 2.75) is 77.2 Å². The van der Waals surface area contributed by atoms with E-state index >= 15 is 0 Å². The largest absolute Gasteiger partial charge is 0.394 e. The molecule has 212 valence electrons. The molecule has 3 N–H and O–H groups in total. The number of hydrogen-bond donors (Lipinski definition) is 3. The van der Waals surface area contributed by atoms with Crippen LogP contribution in [0.2, 0.25) is 0 Å². The molecule has 0 radical (unpaired) electrons. The summed E-state index contributed by atoms with van der Waals surface area (Å²) in [4.78, 5) is 9.68. The summed E-state index contributed by atoms with van der Waals surface area (Å²) in [5, 5.41) is 30.7. The first-order valence-corrected chi connectivity index (χ1v) is 14.3. The van der Waals surface area contributed by atoms with E-state index in [1.165, 1.54) is 6.07 Å². The molecule has 2 aliphatic carbocycles. The van der Waals surface area contributed by atoms with Crippen molar-refractivity contribution in [1.82, 2.24) is 0 Å². The molecule has 0 amide bonds. The minimum Gasteiger partial charge on any atom is -0.394 e. The molecular weight excluding hydrogens is 522 g/mol. The van der Waals surface area contributed by atoms with Gasteiger partial charge in [0.15, 0.2) is 11.6 Å². The van der Waals surface area contributed by atoms with E-state index < -0.39 is 35.9 Å². The minimum atomic E-state index is -1.09. The Morgan fingerprint density at radius 2 is 1.95 bits per heavy atom. The third-order valence-corrected chi connectivity index (χ3v) is 7.94. The molecule has 0 saturated heterocycles. The van der Waals surface area contributed by atoms with Crippen LogP contribution in [0.15, 0.2) is 51.6 Å². The van der Waals surface area contributed by atoms with Gasteiger partial charge >= 0.3 is 0 Å². The smallest absolute Gasteiger partial charge is 0.159 e. The molecule has 6 nitrogen and oxygen atoms in total. The molecule has 9 heteroatoms. The van der Waals surface area contributed by atoms with Gasteiger partial charge in [0.1, 0.15) is 11.8 Å². The molecule has 2 saturated carbocycles. The van der Waals surface area contributed by atoms with E-state index in [0.29, 0.717) is 12.1 Å². The van der Waals surface area contributed by atoms with Crippen molar-refractivity contribution in [2.24, 2.45) is 15.9 Å². The predicted octanol–water partition coefficient (Wildman–Crippen LogP) is 4.80. The number of ether oxygens (including phenoxy) is 1. The monoisotopic (exact) mass is 560 g/mol. The van der Waals surface area contributed by atoms with Gasteiger partial charge in [0, 0.05) is 17.2 Å². The lowest BCUT2D eigenvalue weighted by Crippen LogP contribution is -2.32. The number of halogens is 2. The first-order chi connectivity index (χ1) is 18.7. The van der Waals surface area contributed by atoms with Crippen molar-refractivity contribution >= 4 is 22.5 Å². The normalized spacial score (nSPS) is 27.9. The highest BCUT2D eigenvalue weighted by molar-refractivity contribution is 8.14. The number of aliphatic imine (C=N–C) groups is 2. The maximum atomic E-state index is 13.7. The molecule has 1 aromatic carbocycles. The lowest BCUT2D eigenvalue weighted by Gasteiger charge is -2.16. The maximum absolute atomic E-state index is 13.7. The molecule has 1 aromatic rings. The fraction of sp³-hybridized carbons (Fsp3) is 0.533. The van der Waals surface area contributed by atoms with E-state index in [2.05, 4.69) is 18.8 Å². The lowest BCUT2D eigenvalue weighted by molar-refractivity contribution is -0.0620. The van der Waals surface area contributed by atoms with Crippen LogP contribution in [0.1, 0.15) is 58.4 Å². The first kappa shape index (κ1) is 31.2. The van der Waals surface area contributed by atoms with Crippen LogP contribution in [0.5, 0.6) is 0 Å². The first-order valence-electron chi connectivity index (χ1n) is 13.3. The molecule has 2 aliphatic rings. The van der Waals surface area contributed by atoms with E-state index in [-0.39, 0.29) is 25.2 Å². The van der Waals surface area contributed by atoms with Crippen molar-refractivity contribution in [1.29, 1.82) is 0 Å². The van der Waals surface area contributed by atoms with Crippen LogP contribution < -0.4 is 0 Å². The maximum Gasteiger partial charge on any atom is 0.159 e. The Bertz CT molecular complexity index is 1190. The van der Waals surface area contributed by atoms with Gasteiger partial charge in [-0.05, 0) is 75.5 Å². The molecule has 0 aliphatic heterocycles. The second-order valence-corrected chi connectivity index (χ2v) is 10.9. The van der Waals surface area contributed by atoms with Gasteiger partial charge in [-0.25, -0.2) is 13.8 Å². The molecule has 6 unspecified atom stereocenters. The summed E-state index contributed by atoms with van der Waals surface area (Å²) >= 11 is 1.62. The number of aliphatic hydroxyl groups is 3. The van der Waals surface area contributed by atoms with Crippen LogP contribution in [0.25, 0.3) is 0 Å². The Morgan fingerprint density at radius 1 is 1.18 bits per heavy atom. The number of thioether (sulfide) groups is 1. The van der Waals surface area contributed by atoms with Gasteiger partial charge in [-0.2, -0.15) is 0 Å². The Morgan fingerprint density at radius 3 is 2.62 bits per heavy atom. The van der Waals surface area contributed by atoms with E-state index in [0.717, 1.165) is 46.6 Å². The standard InChI is InChI=1S/C30H38F2N2O4S/c1-5-7-28(39-14-6-2)34-25(11-9-21-16-27(38-13-12-35)30(37)29(21)36)18(3)19(4)33-26-17-22(26)20-8-10-23(31)24(32)15-20/h5,7-8,10,15,21-22,26-27,29-30,35-37H,6,12-14,16-17H2,1-4H3/b7-5-,25-18-,33-19?,34-28+. The fourth-order valence-electron chi connectivity index (χ4n) is 4.39. The summed E-state index contributed by atoms with van der Waals surface area (Å²) in [6.07, 6.45) is 3.15. The number of aliphatic hydroxyl groups excluding tert-OH is 3. The zero-order valence-electron chi connectivity index (χ0n) is 22.9. The van der Waals surface area contributed by atoms with Crippen molar-refractivity contribution < 1.29 is 28.8 Å². The molecule has 6 atom stereocenters. The van der Waals surface area contributed by atoms with Gasteiger partial charge in [0.2, 0.25) is 0 Å². The number of benzene rings is 1. The average Bonchev–Trinajstić information content (AvgIpc) is 3.63. The Labute approximate surface area is 234 Å². The van der Waals surface area contributed by atoms with Gasteiger partial charge in [-0.3, -0.25) is 4.99 Å². The molecule has 2 fully saturated rings. The van der Waals surface area contributed by atoms with E-state index in [1.54, 1.807) is 17.8 Å². The second kappa shape index (κ2) is 14.9. The van der Waals surface area contributed by atoms with E-state index in [9.17, 15) is 19.0 Å². The van der Waals surface area contributed by atoms with Crippen LogP contribution in [0, 0.1) is 29.4 Å². The van der Waals surface area contributed by atoms with Crippen LogP contribution >= 0.6 is 11.8 Å². The van der Waals surface area contributed by atoms with Gasteiger partial charge in [-0.1, -0.05) is 25.0 Å². The van der Waals surface area contributed by atoms with E-state index in [1.807, 2.05) is 32.9 Å². The third kappa shape index (κ3) is 8.57. The molecule has 39 heavy (non-hydrogen) atoms. The number of nitrogens with zero attached hydrogens (tertiary/aromatic N) is 2. The summed E-state index contributed by atoms with van der Waals surface area (Å²) in [5.74, 6) is 4.91. The summed E-state index contributed by atoms with van der Waals surface area (Å²) < 4.78 is 32.5. The van der Waals surface area contributed by atoms with Gasteiger partial charge < -0.3 is 20.1 Å². The number of hydrogen-bond acceptors (Lipinski definition) is 7. The third-order valence-electron chi connectivity index (χ3n) is 6.80. The zero-order chi connectivity index (χ0) is 28.5. The summed E-state index contributed by atoms with van der Waals surface area (Å²) in [5.41, 5.74) is 2.76. The Hall–Kier alpha value is -2.35. The highest BCUT2D eigenvalue weighted by atomic mass is 32.2. The molecule has 3 rings (SSSR count). The second-order valence-electron chi connectivity index (χ2n) is 9.80. The average molecular weight is 561 g/mol. The molecule has 0 aromatic heterocycles. The predicted molar refractivity (Wildman–Crippen MR) is 153 cm³/mol. The van der Waals surface area contributed by atoms with Gasteiger partial charge in [0.05, 0.1) is 42.4 Å². The molecule has 0 spiro atoms. The fourth-order valence-corrected chi connectivity index (χ4v) is 5.19. The summed E-state index contributed by atoms with van der Waals surface area (Å²) in [6, 6.07) is 3.95. The number of allylic oxidation sites excluding steroid dienone is 3. The lowest BCUT2D eigenvalue weighted by atomic mass is 10.1. The van der Waals surface area contributed by atoms with Crippen LogP contribution in [0.4, 0.5) is 8.78 Å². The van der Waals surface area contributed by atoms with Crippen molar-refractivity contribution in [3.05, 3.63) is 58.8 Å². The van der Waals surface area contributed by atoms with Gasteiger partial charge in [-0.15, -0.1) is 11.8 Å². The van der Waals surface area contributed by atoms with Crippen LogP contribution in [-0.4, -0.2) is 69.4 Å². The number of rotatable bonds is 10. The Balaban J connectivity index is 1.90. The minimum absolute atomic E-state index is 0.0329. The van der Waals surface area contributed by atoms with Crippen molar-refractivity contribution in [3.63, 3.8) is 0 Å². The van der Waals surface area contributed by atoms with Crippen molar-refractivity contribution in [2.75, 3.05) is 19.0 Å². The highest BCUT2D eigenvalue weighted by Crippen LogP contribution is 2.44. The van der Waals surface area contributed by atoms with Crippen LogP contribution in [-0.2, 0) is 4.74 Å². The SMILES string of the molecule is C\C=C/C(=N\C(C#CC1CC(OCCO)C(O)C1O)=C(\C)C(C)=NC1CC1c1ccc(F)c(F)c1)SCCC.